The van der Waals surface area contributed by atoms with Crippen LogP contribution in [0.3, 0.4) is 0 Å². The van der Waals surface area contributed by atoms with Crippen LogP contribution in [-0.2, 0) is 4.79 Å². The molecule has 0 saturated heterocycles. The molecule has 0 amide bonds. The first-order valence-corrected chi connectivity index (χ1v) is 7.39. The van der Waals surface area contributed by atoms with Gasteiger partial charge in [-0.2, -0.15) is 11.3 Å². The zero-order chi connectivity index (χ0) is 13.2. The van der Waals surface area contributed by atoms with Crippen molar-refractivity contribution >= 4 is 40.2 Å². The predicted molar refractivity (Wildman–Crippen MR) is 75.1 cm³/mol. The molecule has 0 aromatic carbocycles. The number of carbonyl (C=O) groups is 1. The summed E-state index contributed by atoms with van der Waals surface area (Å²) in [5.74, 6) is -0.880. The highest BCUT2D eigenvalue weighted by molar-refractivity contribution is 7.99. The number of thiophene rings is 1. The second kappa shape index (κ2) is 5.02. The van der Waals surface area contributed by atoms with E-state index in [0.717, 1.165) is 16.9 Å². The zero-order valence-corrected chi connectivity index (χ0v) is 11.3. The van der Waals surface area contributed by atoms with Gasteiger partial charge in [0.05, 0.1) is 11.4 Å². The Labute approximate surface area is 116 Å². The van der Waals surface area contributed by atoms with Gasteiger partial charge in [-0.05, 0) is 23.6 Å². The number of aliphatic carboxylic acids is 1. The monoisotopic (exact) mass is 291 g/mol. The lowest BCUT2D eigenvalue weighted by Gasteiger charge is -2.04. The van der Waals surface area contributed by atoms with Crippen molar-refractivity contribution in [2.45, 2.75) is 5.16 Å². The number of hydrogen-bond acceptors (Lipinski definition) is 5. The summed E-state index contributed by atoms with van der Waals surface area (Å²) >= 11 is 2.77. The maximum absolute atomic E-state index is 10.7. The first-order chi connectivity index (χ1) is 9.25. The van der Waals surface area contributed by atoms with Gasteiger partial charge in [0.25, 0.3) is 0 Å². The van der Waals surface area contributed by atoms with Gasteiger partial charge in [0, 0.05) is 11.6 Å². The quantitative estimate of drug-likeness (QED) is 0.748. The number of carboxylic acid groups (broad SMARTS) is 1. The van der Waals surface area contributed by atoms with E-state index in [1.165, 1.54) is 11.8 Å². The van der Waals surface area contributed by atoms with Gasteiger partial charge < -0.3 is 5.11 Å². The average molecular weight is 291 g/mol. The summed E-state index contributed by atoms with van der Waals surface area (Å²) in [5.41, 5.74) is 2.47. The van der Waals surface area contributed by atoms with E-state index in [1.807, 2.05) is 33.5 Å². The van der Waals surface area contributed by atoms with Gasteiger partial charge in [0.1, 0.15) is 5.52 Å². The fraction of sp³-hybridized carbons (Fsp3) is 0.0833. The summed E-state index contributed by atoms with van der Waals surface area (Å²) in [7, 11) is 0. The van der Waals surface area contributed by atoms with Crippen LogP contribution < -0.4 is 0 Å². The number of imidazole rings is 1. The third-order valence-corrected chi connectivity index (χ3v) is 4.07. The van der Waals surface area contributed by atoms with Crippen molar-refractivity contribution in [3.05, 3.63) is 35.2 Å². The van der Waals surface area contributed by atoms with Gasteiger partial charge in [-0.15, -0.1) is 0 Å². The Morgan fingerprint density at radius 1 is 1.47 bits per heavy atom. The van der Waals surface area contributed by atoms with E-state index < -0.39 is 5.97 Å². The van der Waals surface area contributed by atoms with Crippen molar-refractivity contribution < 1.29 is 9.90 Å². The predicted octanol–water partition coefficient (Wildman–Crippen LogP) is 2.66. The lowest BCUT2D eigenvalue weighted by Crippen LogP contribution is -2.01. The van der Waals surface area contributed by atoms with E-state index in [-0.39, 0.29) is 5.75 Å². The standard InChI is InChI=1S/C12H9N3O2S2/c16-10(17)7-19-12-14-9-2-1-4-13-11(9)15(12)8-3-5-18-6-8/h1-6H,7H2,(H,16,17). The van der Waals surface area contributed by atoms with Crippen LogP contribution in [0.1, 0.15) is 0 Å². The highest BCUT2D eigenvalue weighted by atomic mass is 32.2. The van der Waals surface area contributed by atoms with Gasteiger partial charge >= 0.3 is 5.97 Å². The van der Waals surface area contributed by atoms with Crippen LogP contribution in [0.4, 0.5) is 0 Å². The SMILES string of the molecule is O=C(O)CSc1nc2cccnc2n1-c1ccsc1. The third kappa shape index (κ3) is 2.34. The Balaban J connectivity index is 2.14. The molecule has 0 radical (unpaired) electrons. The first-order valence-electron chi connectivity index (χ1n) is 5.46. The van der Waals surface area contributed by atoms with E-state index in [0.29, 0.717) is 5.16 Å². The molecule has 0 aliphatic rings. The number of nitrogens with zero attached hydrogens (tertiary/aromatic N) is 3. The number of carboxylic acids is 1. The zero-order valence-electron chi connectivity index (χ0n) is 9.68. The molecule has 3 rings (SSSR count). The van der Waals surface area contributed by atoms with Crippen LogP contribution >= 0.6 is 23.1 Å². The molecule has 96 valence electrons. The molecule has 3 aromatic rings. The van der Waals surface area contributed by atoms with Gasteiger partial charge in [0.15, 0.2) is 10.8 Å². The molecule has 3 heterocycles. The molecule has 1 N–H and O–H groups in total. The number of aromatic nitrogens is 3. The Kier molecular flexibility index (Phi) is 3.22. The number of pyridine rings is 1. The highest BCUT2D eigenvalue weighted by Crippen LogP contribution is 2.27. The van der Waals surface area contributed by atoms with Crippen molar-refractivity contribution in [3.8, 4) is 5.69 Å². The van der Waals surface area contributed by atoms with E-state index in [9.17, 15) is 4.79 Å². The van der Waals surface area contributed by atoms with Crippen molar-refractivity contribution in [3.63, 3.8) is 0 Å². The van der Waals surface area contributed by atoms with Crippen molar-refractivity contribution in [1.29, 1.82) is 0 Å². The minimum Gasteiger partial charge on any atom is -0.481 e. The maximum Gasteiger partial charge on any atom is 0.313 e. The number of fused-ring (bicyclic) bond motifs is 1. The van der Waals surface area contributed by atoms with E-state index >= 15 is 0 Å². The van der Waals surface area contributed by atoms with Crippen LogP contribution in [0.15, 0.2) is 40.3 Å². The molecule has 0 fully saturated rings. The minimum absolute atomic E-state index is 0.0204. The Morgan fingerprint density at radius 3 is 3.11 bits per heavy atom. The van der Waals surface area contributed by atoms with Crippen molar-refractivity contribution in [2.75, 3.05) is 5.75 Å². The lowest BCUT2D eigenvalue weighted by molar-refractivity contribution is -0.133. The second-order valence-corrected chi connectivity index (χ2v) is 5.46. The molecule has 7 heteroatoms. The molecule has 0 spiro atoms. The van der Waals surface area contributed by atoms with Crippen LogP contribution in [0.25, 0.3) is 16.9 Å². The smallest absolute Gasteiger partial charge is 0.313 e. The summed E-state index contributed by atoms with van der Waals surface area (Å²) in [4.78, 5) is 19.5. The third-order valence-electron chi connectivity index (χ3n) is 2.47. The van der Waals surface area contributed by atoms with Crippen LogP contribution in [0, 0.1) is 0 Å². The Bertz CT molecular complexity index is 722. The van der Waals surface area contributed by atoms with Crippen molar-refractivity contribution in [1.82, 2.24) is 14.5 Å². The van der Waals surface area contributed by atoms with E-state index in [4.69, 9.17) is 5.11 Å². The number of thioether (sulfide) groups is 1. The van der Waals surface area contributed by atoms with Gasteiger partial charge in [0.2, 0.25) is 0 Å². The van der Waals surface area contributed by atoms with Gasteiger partial charge in [-0.25, -0.2) is 9.97 Å². The molecular formula is C12H9N3O2S2. The van der Waals surface area contributed by atoms with Crippen LogP contribution in [-0.4, -0.2) is 31.4 Å². The first kappa shape index (κ1) is 12.2. The number of rotatable bonds is 4. The Morgan fingerprint density at radius 2 is 2.37 bits per heavy atom. The van der Waals surface area contributed by atoms with Gasteiger partial charge in [-0.1, -0.05) is 11.8 Å². The second-order valence-electron chi connectivity index (χ2n) is 3.74. The minimum atomic E-state index is -0.859. The van der Waals surface area contributed by atoms with Crippen LogP contribution in [0.5, 0.6) is 0 Å². The molecular weight excluding hydrogens is 282 g/mol. The highest BCUT2D eigenvalue weighted by Gasteiger charge is 2.15. The largest absolute Gasteiger partial charge is 0.481 e. The molecule has 5 nitrogen and oxygen atoms in total. The molecule has 0 bridgehead atoms. The molecule has 0 atom stereocenters. The topological polar surface area (TPSA) is 68.0 Å². The molecule has 0 aliphatic carbocycles. The molecule has 0 unspecified atom stereocenters. The van der Waals surface area contributed by atoms with E-state index in [2.05, 4.69) is 9.97 Å². The summed E-state index contributed by atoms with van der Waals surface area (Å²) in [6.07, 6.45) is 1.71. The normalized spacial score (nSPS) is 10.9. The molecule has 3 aromatic heterocycles. The molecule has 0 saturated carbocycles. The average Bonchev–Trinajstić information content (AvgIpc) is 3.02. The maximum atomic E-state index is 10.7. The van der Waals surface area contributed by atoms with Crippen LogP contribution in [0.2, 0.25) is 0 Å². The van der Waals surface area contributed by atoms with Crippen molar-refractivity contribution in [2.24, 2.45) is 0 Å². The lowest BCUT2D eigenvalue weighted by atomic mass is 10.4. The molecule has 0 aliphatic heterocycles. The summed E-state index contributed by atoms with van der Waals surface area (Å²) < 4.78 is 1.89. The fourth-order valence-electron chi connectivity index (χ4n) is 1.73. The van der Waals surface area contributed by atoms with E-state index in [1.54, 1.807) is 17.5 Å². The Hall–Kier alpha value is -1.86. The fourth-order valence-corrected chi connectivity index (χ4v) is 3.09. The summed E-state index contributed by atoms with van der Waals surface area (Å²) in [6, 6.07) is 5.65. The summed E-state index contributed by atoms with van der Waals surface area (Å²) in [5, 5.41) is 13.4. The number of hydrogen-bond donors (Lipinski definition) is 1. The van der Waals surface area contributed by atoms with Gasteiger partial charge in [-0.3, -0.25) is 9.36 Å². The molecule has 19 heavy (non-hydrogen) atoms. The summed E-state index contributed by atoms with van der Waals surface area (Å²) in [6.45, 7) is 0.